The molecule has 0 amide bonds. The second kappa shape index (κ2) is 14.4. The third-order valence-electron chi connectivity index (χ3n) is 5.06. The Kier molecular flexibility index (Phi) is 14.7. The first-order chi connectivity index (χ1) is 11.5. The Morgan fingerprint density at radius 3 is 1.72 bits per heavy atom. The van der Waals surface area contributed by atoms with Gasteiger partial charge in [0.05, 0.1) is 4.75 Å². The molecular formula is C20H35NaO3S. The van der Waals surface area contributed by atoms with E-state index in [2.05, 4.69) is 6.92 Å². The molecule has 5 heteroatoms. The maximum atomic E-state index is 11.6. The van der Waals surface area contributed by atoms with Crippen molar-refractivity contribution in [1.29, 1.82) is 0 Å². The van der Waals surface area contributed by atoms with Crippen LogP contribution in [0.15, 0.2) is 24.3 Å². The SMILES string of the molecule is CCCCCCCCCCCCCCC1(S(=O)(=O)[O-])C=CC=CC1.[Na+]. The van der Waals surface area contributed by atoms with E-state index < -0.39 is 14.9 Å². The van der Waals surface area contributed by atoms with E-state index in [4.69, 9.17) is 0 Å². The van der Waals surface area contributed by atoms with Gasteiger partial charge in [-0.1, -0.05) is 108 Å². The Morgan fingerprint density at radius 2 is 1.32 bits per heavy atom. The summed E-state index contributed by atoms with van der Waals surface area (Å²) in [4.78, 5) is 0. The van der Waals surface area contributed by atoms with E-state index >= 15 is 0 Å². The van der Waals surface area contributed by atoms with Gasteiger partial charge in [0, 0.05) is 0 Å². The maximum Gasteiger partial charge on any atom is 1.00 e. The Morgan fingerprint density at radius 1 is 0.840 bits per heavy atom. The Bertz CT molecular complexity index is 485. The monoisotopic (exact) mass is 378 g/mol. The largest absolute Gasteiger partial charge is 1.00 e. The molecule has 0 saturated carbocycles. The van der Waals surface area contributed by atoms with Gasteiger partial charge in [-0.05, 0) is 12.8 Å². The summed E-state index contributed by atoms with van der Waals surface area (Å²) in [5, 5.41) is 0. The van der Waals surface area contributed by atoms with E-state index in [-0.39, 0.29) is 29.6 Å². The van der Waals surface area contributed by atoms with Crippen molar-refractivity contribution < 1.29 is 42.5 Å². The van der Waals surface area contributed by atoms with E-state index in [0.29, 0.717) is 12.8 Å². The smallest absolute Gasteiger partial charge is 0.747 e. The second-order valence-electron chi connectivity index (χ2n) is 7.15. The molecule has 0 aliphatic heterocycles. The number of allylic oxidation sites excluding steroid dienone is 3. The van der Waals surface area contributed by atoms with Crippen molar-refractivity contribution in [2.45, 2.75) is 102 Å². The Balaban J connectivity index is 0.00000576. The van der Waals surface area contributed by atoms with Crippen LogP contribution < -0.4 is 29.6 Å². The summed E-state index contributed by atoms with van der Waals surface area (Å²) in [5.41, 5.74) is 0. The zero-order chi connectivity index (χ0) is 17.7. The van der Waals surface area contributed by atoms with Gasteiger partial charge in [-0.25, -0.2) is 8.42 Å². The Labute approximate surface area is 177 Å². The zero-order valence-electron chi connectivity index (χ0n) is 16.3. The summed E-state index contributed by atoms with van der Waals surface area (Å²) in [6.07, 6.45) is 22.6. The van der Waals surface area contributed by atoms with Gasteiger partial charge >= 0.3 is 29.6 Å². The molecule has 1 rings (SSSR count). The fraction of sp³-hybridized carbons (Fsp3) is 0.800. The molecule has 1 aliphatic carbocycles. The van der Waals surface area contributed by atoms with E-state index in [0.717, 1.165) is 19.3 Å². The van der Waals surface area contributed by atoms with Crippen LogP contribution in [-0.2, 0) is 10.1 Å². The summed E-state index contributed by atoms with van der Waals surface area (Å²) in [5.74, 6) is 0. The van der Waals surface area contributed by atoms with Gasteiger partial charge in [0.15, 0.2) is 0 Å². The van der Waals surface area contributed by atoms with Crippen molar-refractivity contribution in [2.24, 2.45) is 0 Å². The molecule has 1 atom stereocenters. The number of hydrogen-bond acceptors (Lipinski definition) is 3. The first kappa shape index (κ1) is 25.4. The van der Waals surface area contributed by atoms with Crippen LogP contribution in [0.4, 0.5) is 0 Å². The Hall–Kier alpha value is 0.390. The molecule has 0 aromatic rings. The molecule has 0 spiro atoms. The average Bonchev–Trinajstić information content (AvgIpc) is 2.56. The molecule has 0 bridgehead atoms. The summed E-state index contributed by atoms with van der Waals surface area (Å²) in [6, 6.07) is 0. The van der Waals surface area contributed by atoms with E-state index in [1.807, 2.05) is 6.08 Å². The van der Waals surface area contributed by atoms with Crippen LogP contribution in [0, 0.1) is 0 Å². The fourth-order valence-corrected chi connectivity index (χ4v) is 4.35. The topological polar surface area (TPSA) is 57.2 Å². The molecule has 0 aromatic carbocycles. The van der Waals surface area contributed by atoms with Crippen LogP contribution in [0.1, 0.15) is 96.8 Å². The van der Waals surface area contributed by atoms with Gasteiger partial charge < -0.3 is 4.55 Å². The van der Waals surface area contributed by atoms with Crippen LogP contribution in [0.5, 0.6) is 0 Å². The van der Waals surface area contributed by atoms with E-state index in [1.54, 1.807) is 18.2 Å². The molecule has 25 heavy (non-hydrogen) atoms. The van der Waals surface area contributed by atoms with Gasteiger partial charge in [0.2, 0.25) is 0 Å². The number of unbranched alkanes of at least 4 members (excludes halogenated alkanes) is 11. The van der Waals surface area contributed by atoms with Crippen LogP contribution in [-0.4, -0.2) is 17.7 Å². The first-order valence-electron chi connectivity index (χ1n) is 9.82. The standard InChI is InChI=1S/C20H36O3S.Na/c1-2-3-4-5-6-7-8-9-10-11-12-14-17-20(24(21,22)23)18-15-13-16-19-20;/h13,15-16,18H,2-12,14,17,19H2,1H3,(H,21,22,23);/q;+1/p-1. The quantitative estimate of drug-likeness (QED) is 0.265. The molecule has 0 radical (unpaired) electrons. The molecule has 1 unspecified atom stereocenters. The normalized spacial score (nSPS) is 19.8. The molecule has 0 N–H and O–H groups in total. The van der Waals surface area contributed by atoms with Crippen molar-refractivity contribution in [3.8, 4) is 0 Å². The van der Waals surface area contributed by atoms with Crippen LogP contribution in [0.2, 0.25) is 0 Å². The van der Waals surface area contributed by atoms with Gasteiger partial charge in [-0.3, -0.25) is 0 Å². The van der Waals surface area contributed by atoms with E-state index in [9.17, 15) is 13.0 Å². The number of hydrogen-bond donors (Lipinski definition) is 0. The van der Waals surface area contributed by atoms with Gasteiger partial charge in [0.1, 0.15) is 10.1 Å². The minimum atomic E-state index is -4.29. The third-order valence-corrected chi connectivity index (χ3v) is 6.56. The van der Waals surface area contributed by atoms with Gasteiger partial charge in [-0.15, -0.1) is 0 Å². The predicted octanol–water partition coefficient (Wildman–Crippen LogP) is 2.88. The number of rotatable bonds is 14. The summed E-state index contributed by atoms with van der Waals surface area (Å²) >= 11 is 0. The summed E-state index contributed by atoms with van der Waals surface area (Å²) in [7, 11) is -4.29. The van der Waals surface area contributed by atoms with Crippen molar-refractivity contribution in [2.75, 3.05) is 0 Å². The molecule has 0 heterocycles. The molecule has 0 saturated heterocycles. The second-order valence-corrected chi connectivity index (χ2v) is 8.87. The predicted molar refractivity (Wildman–Crippen MR) is 101 cm³/mol. The molecule has 140 valence electrons. The van der Waals surface area contributed by atoms with Crippen LogP contribution >= 0.6 is 0 Å². The molecule has 0 aromatic heterocycles. The van der Waals surface area contributed by atoms with Crippen molar-refractivity contribution in [3.63, 3.8) is 0 Å². The van der Waals surface area contributed by atoms with Crippen molar-refractivity contribution in [3.05, 3.63) is 24.3 Å². The van der Waals surface area contributed by atoms with E-state index in [1.165, 1.54) is 57.8 Å². The fourth-order valence-electron chi connectivity index (χ4n) is 3.41. The molecule has 0 fully saturated rings. The molecular weight excluding hydrogens is 343 g/mol. The summed E-state index contributed by atoms with van der Waals surface area (Å²) < 4.78 is 33.6. The molecule has 3 nitrogen and oxygen atoms in total. The zero-order valence-corrected chi connectivity index (χ0v) is 19.2. The van der Waals surface area contributed by atoms with Gasteiger partial charge in [-0.2, -0.15) is 0 Å². The van der Waals surface area contributed by atoms with Gasteiger partial charge in [0.25, 0.3) is 0 Å². The third kappa shape index (κ3) is 10.3. The van der Waals surface area contributed by atoms with Crippen LogP contribution in [0.3, 0.4) is 0 Å². The van der Waals surface area contributed by atoms with Crippen molar-refractivity contribution >= 4 is 10.1 Å². The minimum absolute atomic E-state index is 0. The molecule has 1 aliphatic rings. The minimum Gasteiger partial charge on any atom is -0.747 e. The first-order valence-corrected chi connectivity index (χ1v) is 11.2. The maximum absolute atomic E-state index is 11.6. The van der Waals surface area contributed by atoms with Crippen molar-refractivity contribution in [1.82, 2.24) is 0 Å². The summed E-state index contributed by atoms with van der Waals surface area (Å²) in [6.45, 7) is 2.25. The van der Waals surface area contributed by atoms with Crippen LogP contribution in [0.25, 0.3) is 0 Å². The average molecular weight is 379 g/mol.